The van der Waals surface area contributed by atoms with Gasteiger partial charge >= 0.3 is 0 Å². The van der Waals surface area contributed by atoms with Gasteiger partial charge in [0.15, 0.2) is 0 Å². The van der Waals surface area contributed by atoms with Crippen LogP contribution in [0.4, 0.5) is 5.69 Å². The van der Waals surface area contributed by atoms with E-state index in [0.717, 1.165) is 39.1 Å². The minimum absolute atomic E-state index is 0.251. The molecule has 1 amide bonds. The van der Waals surface area contributed by atoms with Crippen LogP contribution in [0.1, 0.15) is 37.7 Å². The van der Waals surface area contributed by atoms with Crippen LogP contribution in [-0.4, -0.2) is 44.2 Å². The second-order valence-corrected chi connectivity index (χ2v) is 6.80. The Labute approximate surface area is 139 Å². The van der Waals surface area contributed by atoms with E-state index in [9.17, 15) is 4.79 Å². The van der Waals surface area contributed by atoms with Crippen LogP contribution in [-0.2, 0) is 16.1 Å². The van der Waals surface area contributed by atoms with Crippen molar-refractivity contribution in [3.05, 3.63) is 29.8 Å². The highest BCUT2D eigenvalue weighted by Crippen LogP contribution is 2.25. The number of hydrogen-bond donors (Lipinski definition) is 0. The highest BCUT2D eigenvalue weighted by molar-refractivity contribution is 5.78. The minimum Gasteiger partial charge on any atom is -0.378 e. The zero-order valence-electron chi connectivity index (χ0n) is 14.2. The van der Waals surface area contributed by atoms with Gasteiger partial charge in [0, 0.05) is 38.3 Å². The molecule has 1 saturated heterocycles. The molecule has 1 saturated carbocycles. The summed E-state index contributed by atoms with van der Waals surface area (Å²) in [6, 6.07) is 8.63. The van der Waals surface area contributed by atoms with Crippen molar-refractivity contribution < 1.29 is 9.53 Å². The number of benzene rings is 1. The van der Waals surface area contributed by atoms with Crippen LogP contribution >= 0.6 is 0 Å². The normalized spacial score (nSPS) is 19.6. The molecule has 1 heterocycles. The summed E-state index contributed by atoms with van der Waals surface area (Å²) < 4.78 is 5.40. The van der Waals surface area contributed by atoms with Gasteiger partial charge in [-0.1, -0.05) is 31.4 Å². The van der Waals surface area contributed by atoms with E-state index in [2.05, 4.69) is 29.2 Å². The van der Waals surface area contributed by atoms with Crippen molar-refractivity contribution in [3.63, 3.8) is 0 Å². The van der Waals surface area contributed by atoms with E-state index in [1.807, 2.05) is 11.9 Å². The lowest BCUT2D eigenvalue weighted by atomic mass is 9.88. The summed E-state index contributed by atoms with van der Waals surface area (Å²) in [5, 5.41) is 0. The fourth-order valence-electron chi connectivity index (χ4n) is 3.65. The number of carbonyl (C=O) groups excluding carboxylic acids is 1. The molecule has 2 aliphatic rings. The number of morpholine rings is 1. The lowest BCUT2D eigenvalue weighted by Gasteiger charge is -2.29. The maximum Gasteiger partial charge on any atom is 0.225 e. The highest BCUT2D eigenvalue weighted by atomic mass is 16.5. The lowest BCUT2D eigenvalue weighted by Crippen LogP contribution is -2.36. The van der Waals surface area contributed by atoms with Gasteiger partial charge in [-0.05, 0) is 30.5 Å². The molecular weight excluding hydrogens is 288 g/mol. The minimum atomic E-state index is 0.251. The Bertz CT molecular complexity index is 503. The maximum atomic E-state index is 12.5. The average Bonchev–Trinajstić information content (AvgIpc) is 2.63. The third kappa shape index (κ3) is 4.25. The summed E-state index contributed by atoms with van der Waals surface area (Å²) in [6.07, 6.45) is 5.84. The molecule has 1 aliphatic carbocycles. The van der Waals surface area contributed by atoms with Crippen LogP contribution in [0.3, 0.4) is 0 Å². The standard InChI is InChI=1S/C19H28N2O2/c1-20(19(22)17-5-3-2-4-6-17)15-16-7-9-18(10-8-16)21-11-13-23-14-12-21/h7-10,17H,2-6,11-15H2,1H3. The highest BCUT2D eigenvalue weighted by Gasteiger charge is 2.24. The fraction of sp³-hybridized carbons (Fsp3) is 0.632. The molecule has 4 heteroatoms. The Kier molecular flexibility index (Phi) is 5.55. The molecule has 0 bridgehead atoms. The van der Waals surface area contributed by atoms with Gasteiger partial charge < -0.3 is 14.5 Å². The van der Waals surface area contributed by atoms with Gasteiger partial charge in [0.2, 0.25) is 5.91 Å². The summed E-state index contributed by atoms with van der Waals surface area (Å²) >= 11 is 0. The Morgan fingerprint density at radius 1 is 1.13 bits per heavy atom. The monoisotopic (exact) mass is 316 g/mol. The SMILES string of the molecule is CN(Cc1ccc(N2CCOCC2)cc1)C(=O)C1CCCCC1. The number of nitrogens with zero attached hydrogens (tertiary/aromatic N) is 2. The zero-order chi connectivity index (χ0) is 16.1. The predicted molar refractivity (Wildman–Crippen MR) is 92.5 cm³/mol. The molecule has 2 fully saturated rings. The van der Waals surface area contributed by atoms with Gasteiger partial charge in [-0.2, -0.15) is 0 Å². The van der Waals surface area contributed by atoms with Gasteiger partial charge in [0.1, 0.15) is 0 Å². The Balaban J connectivity index is 1.55. The number of ether oxygens (including phenoxy) is 1. The van der Waals surface area contributed by atoms with E-state index in [4.69, 9.17) is 4.74 Å². The van der Waals surface area contributed by atoms with Crippen molar-refractivity contribution in [3.8, 4) is 0 Å². The number of anilines is 1. The van der Waals surface area contributed by atoms with E-state index in [0.29, 0.717) is 12.5 Å². The van der Waals surface area contributed by atoms with Gasteiger partial charge in [-0.25, -0.2) is 0 Å². The van der Waals surface area contributed by atoms with E-state index >= 15 is 0 Å². The quantitative estimate of drug-likeness (QED) is 0.856. The van der Waals surface area contributed by atoms with E-state index in [-0.39, 0.29) is 5.92 Å². The average molecular weight is 316 g/mol. The van der Waals surface area contributed by atoms with Crippen molar-refractivity contribution in [1.82, 2.24) is 4.90 Å². The summed E-state index contributed by atoms with van der Waals surface area (Å²) in [5.41, 5.74) is 2.45. The second kappa shape index (κ2) is 7.82. The van der Waals surface area contributed by atoms with Gasteiger partial charge in [0.05, 0.1) is 13.2 Å². The first kappa shape index (κ1) is 16.3. The van der Waals surface area contributed by atoms with E-state index in [1.54, 1.807) is 0 Å². The summed E-state index contributed by atoms with van der Waals surface area (Å²) in [5.74, 6) is 0.573. The maximum absolute atomic E-state index is 12.5. The van der Waals surface area contributed by atoms with Crippen molar-refractivity contribution >= 4 is 11.6 Å². The van der Waals surface area contributed by atoms with E-state index < -0.39 is 0 Å². The van der Waals surface area contributed by atoms with Crippen molar-refractivity contribution in [1.29, 1.82) is 0 Å². The van der Waals surface area contributed by atoms with Gasteiger partial charge in [-0.3, -0.25) is 4.79 Å². The molecule has 0 N–H and O–H groups in total. The zero-order valence-corrected chi connectivity index (χ0v) is 14.2. The molecule has 1 aliphatic heterocycles. The van der Waals surface area contributed by atoms with Crippen LogP contribution in [0.2, 0.25) is 0 Å². The molecule has 1 aromatic carbocycles. The van der Waals surface area contributed by atoms with Crippen LogP contribution in [0, 0.1) is 5.92 Å². The molecule has 126 valence electrons. The summed E-state index contributed by atoms with van der Waals surface area (Å²) in [6.45, 7) is 4.23. The Morgan fingerprint density at radius 2 is 1.78 bits per heavy atom. The van der Waals surface area contributed by atoms with Gasteiger partial charge in [0.25, 0.3) is 0 Å². The third-order valence-corrected chi connectivity index (χ3v) is 5.06. The predicted octanol–water partition coefficient (Wildman–Crippen LogP) is 3.06. The molecule has 0 atom stereocenters. The topological polar surface area (TPSA) is 32.8 Å². The van der Waals surface area contributed by atoms with Crippen LogP contribution in [0.5, 0.6) is 0 Å². The van der Waals surface area contributed by atoms with Crippen molar-refractivity contribution in [2.24, 2.45) is 5.92 Å². The molecule has 23 heavy (non-hydrogen) atoms. The smallest absolute Gasteiger partial charge is 0.225 e. The molecular formula is C19H28N2O2. The number of carbonyl (C=O) groups is 1. The van der Waals surface area contributed by atoms with Crippen LogP contribution in [0.25, 0.3) is 0 Å². The molecule has 0 spiro atoms. The first-order valence-corrected chi connectivity index (χ1v) is 8.90. The first-order valence-electron chi connectivity index (χ1n) is 8.90. The molecule has 1 aromatic rings. The number of amides is 1. The summed E-state index contributed by atoms with van der Waals surface area (Å²) in [4.78, 5) is 16.8. The second-order valence-electron chi connectivity index (χ2n) is 6.80. The molecule has 3 rings (SSSR count). The molecule has 0 aromatic heterocycles. The van der Waals surface area contributed by atoms with Gasteiger partial charge in [-0.15, -0.1) is 0 Å². The Hall–Kier alpha value is -1.55. The van der Waals surface area contributed by atoms with Crippen LogP contribution in [0.15, 0.2) is 24.3 Å². The fourth-order valence-corrected chi connectivity index (χ4v) is 3.65. The molecule has 4 nitrogen and oxygen atoms in total. The molecule has 0 radical (unpaired) electrons. The van der Waals surface area contributed by atoms with Crippen molar-refractivity contribution in [2.75, 3.05) is 38.3 Å². The number of hydrogen-bond acceptors (Lipinski definition) is 3. The molecule has 0 unspecified atom stereocenters. The Morgan fingerprint density at radius 3 is 2.43 bits per heavy atom. The van der Waals surface area contributed by atoms with E-state index in [1.165, 1.54) is 30.5 Å². The lowest BCUT2D eigenvalue weighted by molar-refractivity contribution is -0.135. The summed E-state index contributed by atoms with van der Waals surface area (Å²) in [7, 11) is 1.94. The van der Waals surface area contributed by atoms with Crippen LogP contribution < -0.4 is 4.90 Å². The van der Waals surface area contributed by atoms with Crippen molar-refractivity contribution in [2.45, 2.75) is 38.6 Å². The largest absolute Gasteiger partial charge is 0.378 e. The first-order chi connectivity index (χ1) is 11.2. The third-order valence-electron chi connectivity index (χ3n) is 5.06. The number of rotatable bonds is 4.